The molecule has 1 atom stereocenters. The second-order valence-electron chi connectivity index (χ2n) is 2.15. The van der Waals surface area contributed by atoms with Crippen LogP contribution in [-0.4, -0.2) is 27.1 Å². The first-order valence-electron chi connectivity index (χ1n) is 3.59. The smallest absolute Gasteiger partial charge is 0.320 e. The summed E-state index contributed by atoms with van der Waals surface area (Å²) in [6, 6.07) is -0.951. The molecule has 0 radical (unpaired) electrons. The topological polar surface area (TPSA) is 92.0 Å². The molecular weight excluding hydrogens is 146 g/mol. The summed E-state index contributed by atoms with van der Waals surface area (Å²) in [6.45, 7) is 0. The highest BCUT2D eigenvalue weighted by Gasteiger charge is 2.12. The first-order valence-corrected chi connectivity index (χ1v) is 3.09. The Morgan fingerprint density at radius 3 is 3.27 bits per heavy atom. The molecule has 1 unspecified atom stereocenters. The molecular formula is C6H9N3O2. The quantitative estimate of drug-likeness (QED) is 0.543. The van der Waals surface area contributed by atoms with Gasteiger partial charge < -0.3 is 15.8 Å². The number of aromatic nitrogens is 2. The lowest BCUT2D eigenvalue weighted by molar-refractivity contribution is -0.138. The first kappa shape index (κ1) is 6.36. The lowest BCUT2D eigenvalue weighted by atomic mass is 10.2. The van der Waals surface area contributed by atoms with Crippen LogP contribution in [0.5, 0.6) is 0 Å². The number of carbonyl (C=O) groups is 1. The number of H-pyrrole nitrogens is 1. The van der Waals surface area contributed by atoms with Gasteiger partial charge in [-0.3, -0.25) is 4.79 Å². The summed E-state index contributed by atoms with van der Waals surface area (Å²) < 4.78 is 7.01. The Balaban J connectivity index is 2.58. The number of carboxylic acid groups (broad SMARTS) is 1. The predicted molar refractivity (Wildman–Crippen MR) is 37.9 cm³/mol. The highest BCUT2D eigenvalue weighted by atomic mass is 16.4. The summed E-state index contributed by atoms with van der Waals surface area (Å²) >= 11 is 0. The van der Waals surface area contributed by atoms with Crippen LogP contribution in [0.25, 0.3) is 0 Å². The van der Waals surface area contributed by atoms with Gasteiger partial charge in [-0.1, -0.05) is 0 Å². The third kappa shape index (κ3) is 2.05. The lowest BCUT2D eigenvalue weighted by Gasteiger charge is -2.01. The largest absolute Gasteiger partial charge is 0.480 e. The molecule has 0 fully saturated rings. The van der Waals surface area contributed by atoms with Crippen molar-refractivity contribution in [3.8, 4) is 0 Å². The second-order valence-corrected chi connectivity index (χ2v) is 2.15. The summed E-state index contributed by atoms with van der Waals surface area (Å²) in [5.41, 5.74) is 5.74. The van der Waals surface area contributed by atoms with Gasteiger partial charge in [-0.05, 0) is 0 Å². The van der Waals surface area contributed by atoms with Gasteiger partial charge in [0.25, 0.3) is 0 Å². The SMILES string of the molecule is [2H]c1nc(CC(N)C(=O)O)c[nH]1. The molecule has 0 saturated heterocycles. The van der Waals surface area contributed by atoms with E-state index in [1.165, 1.54) is 6.20 Å². The highest BCUT2D eigenvalue weighted by molar-refractivity contribution is 5.73. The van der Waals surface area contributed by atoms with Crippen molar-refractivity contribution in [3.05, 3.63) is 18.2 Å². The van der Waals surface area contributed by atoms with E-state index in [4.69, 9.17) is 12.2 Å². The van der Waals surface area contributed by atoms with Gasteiger partial charge in [0.15, 0.2) is 0 Å². The zero-order chi connectivity index (χ0) is 9.14. The van der Waals surface area contributed by atoms with Crippen molar-refractivity contribution < 1.29 is 11.3 Å². The Bertz CT molecular complexity index is 286. The zero-order valence-corrected chi connectivity index (χ0v) is 5.74. The van der Waals surface area contributed by atoms with Crippen LogP contribution in [0.4, 0.5) is 0 Å². The summed E-state index contributed by atoms with van der Waals surface area (Å²) in [4.78, 5) is 16.5. The van der Waals surface area contributed by atoms with Crippen molar-refractivity contribution in [2.75, 3.05) is 0 Å². The van der Waals surface area contributed by atoms with Gasteiger partial charge >= 0.3 is 5.97 Å². The number of aromatic amines is 1. The molecule has 1 aromatic rings. The van der Waals surface area contributed by atoms with Crippen molar-refractivity contribution in [2.24, 2.45) is 5.73 Å². The van der Waals surface area contributed by atoms with Crippen molar-refractivity contribution in [1.29, 1.82) is 0 Å². The fourth-order valence-electron chi connectivity index (χ4n) is 0.669. The van der Waals surface area contributed by atoms with E-state index in [1.54, 1.807) is 0 Å². The van der Waals surface area contributed by atoms with Crippen LogP contribution in [0, 0.1) is 0 Å². The number of rotatable bonds is 3. The molecule has 0 amide bonds. The number of hydrogen-bond acceptors (Lipinski definition) is 3. The molecule has 5 heteroatoms. The normalized spacial score (nSPS) is 14.1. The Morgan fingerprint density at radius 2 is 2.82 bits per heavy atom. The molecule has 1 aromatic heterocycles. The van der Waals surface area contributed by atoms with Gasteiger partial charge in [0, 0.05) is 12.6 Å². The second kappa shape index (κ2) is 3.16. The fraction of sp³-hybridized carbons (Fsp3) is 0.333. The Labute approximate surface area is 64.7 Å². The average Bonchev–Trinajstić information content (AvgIpc) is 2.35. The predicted octanol–water partition coefficient (Wildman–Crippen LogP) is -0.636. The van der Waals surface area contributed by atoms with Crippen LogP contribution in [0.2, 0.25) is 0 Å². The van der Waals surface area contributed by atoms with Gasteiger partial charge in [-0.2, -0.15) is 0 Å². The minimum Gasteiger partial charge on any atom is -0.480 e. The summed E-state index contributed by atoms with van der Waals surface area (Å²) in [6.07, 6.45) is 1.64. The van der Waals surface area contributed by atoms with Crippen LogP contribution in [0.3, 0.4) is 0 Å². The minimum atomic E-state index is -1.07. The van der Waals surface area contributed by atoms with Gasteiger partial charge in [-0.25, -0.2) is 4.98 Å². The number of aliphatic carboxylic acids is 1. The maximum atomic E-state index is 10.3. The van der Waals surface area contributed by atoms with Crippen molar-refractivity contribution in [2.45, 2.75) is 12.5 Å². The van der Waals surface area contributed by atoms with Gasteiger partial charge in [0.1, 0.15) is 7.41 Å². The molecule has 11 heavy (non-hydrogen) atoms. The first-order chi connectivity index (χ1) is 5.59. The van der Waals surface area contributed by atoms with Crippen LogP contribution in [0.1, 0.15) is 7.06 Å². The summed E-state index contributed by atoms with van der Waals surface area (Å²) in [7, 11) is 0. The molecule has 60 valence electrons. The van der Waals surface area contributed by atoms with Crippen molar-refractivity contribution in [3.63, 3.8) is 0 Å². The molecule has 0 saturated carbocycles. The van der Waals surface area contributed by atoms with E-state index < -0.39 is 12.0 Å². The maximum Gasteiger partial charge on any atom is 0.320 e. The number of carboxylic acids is 1. The van der Waals surface area contributed by atoms with E-state index in [0.29, 0.717) is 5.69 Å². The van der Waals surface area contributed by atoms with Gasteiger partial charge in [0.05, 0.1) is 12.0 Å². The van der Waals surface area contributed by atoms with Crippen LogP contribution >= 0.6 is 0 Å². The molecule has 1 rings (SSSR count). The molecule has 0 aliphatic rings. The standard InChI is InChI=1S/C6H9N3O2/c7-5(6(10)11)1-4-2-8-3-9-4/h2-3,5H,1,7H2,(H,8,9)(H,10,11)/i3D. The van der Waals surface area contributed by atoms with Crippen LogP contribution < -0.4 is 5.73 Å². The van der Waals surface area contributed by atoms with E-state index in [-0.39, 0.29) is 12.7 Å². The summed E-state index contributed by atoms with van der Waals surface area (Å²) in [5.74, 6) is -1.07. The number of imidazole rings is 1. The number of nitrogens with one attached hydrogen (secondary N) is 1. The fourth-order valence-corrected chi connectivity index (χ4v) is 0.669. The molecule has 1 heterocycles. The number of hydrogen-bond donors (Lipinski definition) is 3. The Kier molecular flexibility index (Phi) is 1.82. The van der Waals surface area contributed by atoms with E-state index in [2.05, 4.69) is 9.97 Å². The number of nitrogens with two attached hydrogens (primary N) is 1. The lowest BCUT2D eigenvalue weighted by Crippen LogP contribution is -2.32. The van der Waals surface area contributed by atoms with Gasteiger partial charge in [-0.15, -0.1) is 0 Å². The van der Waals surface area contributed by atoms with Crippen LogP contribution in [-0.2, 0) is 11.2 Å². The number of nitrogens with zero attached hydrogens (tertiary/aromatic N) is 1. The van der Waals surface area contributed by atoms with E-state index >= 15 is 0 Å². The van der Waals surface area contributed by atoms with E-state index in [1.807, 2.05) is 0 Å². The molecule has 0 spiro atoms. The molecule has 0 bridgehead atoms. The van der Waals surface area contributed by atoms with Crippen molar-refractivity contribution in [1.82, 2.24) is 9.97 Å². The van der Waals surface area contributed by atoms with Gasteiger partial charge in [0.2, 0.25) is 0 Å². The molecule has 0 aromatic carbocycles. The minimum absolute atomic E-state index is 0.0163. The van der Waals surface area contributed by atoms with E-state index in [9.17, 15) is 4.79 Å². The molecule has 0 aliphatic heterocycles. The third-order valence-electron chi connectivity index (χ3n) is 1.25. The zero-order valence-electron chi connectivity index (χ0n) is 6.74. The Hall–Kier alpha value is -1.36. The monoisotopic (exact) mass is 156 g/mol. The maximum absolute atomic E-state index is 10.3. The Morgan fingerprint density at radius 1 is 2.09 bits per heavy atom. The average molecular weight is 156 g/mol. The summed E-state index contributed by atoms with van der Waals surface area (Å²) in [5, 5.41) is 8.44. The van der Waals surface area contributed by atoms with E-state index in [0.717, 1.165) is 0 Å². The highest BCUT2D eigenvalue weighted by Crippen LogP contribution is 1.95. The molecule has 0 aliphatic carbocycles. The third-order valence-corrected chi connectivity index (χ3v) is 1.25. The van der Waals surface area contributed by atoms with Crippen molar-refractivity contribution >= 4 is 5.97 Å². The molecule has 4 N–H and O–H groups in total. The molecule has 5 nitrogen and oxygen atoms in total. The van der Waals surface area contributed by atoms with Crippen LogP contribution in [0.15, 0.2) is 12.5 Å².